The van der Waals surface area contributed by atoms with Gasteiger partial charge in [-0.1, -0.05) is 52.6 Å². The third kappa shape index (κ3) is 4.59. The van der Waals surface area contributed by atoms with Crippen LogP contribution in [-0.4, -0.2) is 53.3 Å². The minimum atomic E-state index is -1.28. The van der Waals surface area contributed by atoms with Gasteiger partial charge in [0, 0.05) is 36.7 Å². The molecule has 0 saturated carbocycles. The number of rotatable bonds is 2. The number of anilines is 1. The molecule has 2 aromatic carbocycles. The Hall–Kier alpha value is -2.42. The minimum absolute atomic E-state index is 0.430. The molecular formula is C25H25Cl2N3O4. The van der Waals surface area contributed by atoms with Gasteiger partial charge in [-0.3, -0.25) is 9.69 Å². The van der Waals surface area contributed by atoms with E-state index in [9.17, 15) is 4.79 Å². The number of aryl methyl sites for hydroxylation is 2. The van der Waals surface area contributed by atoms with E-state index in [1.807, 2.05) is 24.3 Å². The molecule has 6 bridgehead atoms. The number of ether oxygens (including phenoxy) is 1. The summed E-state index contributed by atoms with van der Waals surface area (Å²) in [6.07, 6.45) is 0.130. The number of nitrogens with zero attached hydrogens (tertiary/aromatic N) is 3. The van der Waals surface area contributed by atoms with Gasteiger partial charge in [-0.2, -0.15) is 5.06 Å². The smallest absolute Gasteiger partial charge is 0.284 e. The van der Waals surface area contributed by atoms with E-state index in [-0.39, 0.29) is 0 Å². The second kappa shape index (κ2) is 9.68. The Balaban J connectivity index is 1.67. The second-order valence-electron chi connectivity index (χ2n) is 8.58. The lowest BCUT2D eigenvalue weighted by molar-refractivity contribution is -0.139. The number of halogens is 2. The average Bonchev–Trinajstić information content (AvgIpc) is 3.30. The van der Waals surface area contributed by atoms with E-state index < -0.39 is 17.0 Å². The summed E-state index contributed by atoms with van der Waals surface area (Å²) < 4.78 is 11.2. The van der Waals surface area contributed by atoms with E-state index >= 15 is 0 Å². The fourth-order valence-corrected chi connectivity index (χ4v) is 4.82. The Kier molecular flexibility index (Phi) is 6.64. The predicted octanol–water partition coefficient (Wildman–Crippen LogP) is 4.91. The van der Waals surface area contributed by atoms with E-state index in [0.29, 0.717) is 44.2 Å². The number of hydrogen-bond acceptors (Lipinski definition) is 6. The van der Waals surface area contributed by atoms with Crippen molar-refractivity contribution in [1.29, 1.82) is 0 Å². The van der Waals surface area contributed by atoms with Crippen LogP contribution in [0.25, 0.3) is 22.6 Å². The third-order valence-electron chi connectivity index (χ3n) is 6.20. The molecule has 0 radical (unpaired) electrons. The molecule has 3 aromatic rings. The monoisotopic (exact) mass is 501 g/mol. The first-order valence-corrected chi connectivity index (χ1v) is 12.1. The summed E-state index contributed by atoms with van der Waals surface area (Å²) in [6, 6.07) is 13.5. The van der Waals surface area contributed by atoms with E-state index in [1.54, 1.807) is 6.07 Å². The van der Waals surface area contributed by atoms with Gasteiger partial charge in [0.05, 0.1) is 18.9 Å². The standard InChI is InChI=1S/C25H25Cl2N3O4/c1-15-10-17-11-16(2)23(15)20-14-21(33-28-20)18-4-3-5-19(13-18)30(25(31)24(26)27)34-22(12-17)29-6-8-32-9-7-29/h3-5,10-11,13-14,22,24H,6-9,12H2,1-2H3. The molecule has 1 saturated heterocycles. The maximum absolute atomic E-state index is 13.1. The maximum atomic E-state index is 13.1. The minimum Gasteiger partial charge on any atom is -0.379 e. The molecular weight excluding hydrogens is 477 g/mol. The van der Waals surface area contributed by atoms with Gasteiger partial charge in [0.2, 0.25) is 0 Å². The summed E-state index contributed by atoms with van der Waals surface area (Å²) in [5.41, 5.74) is 6.36. The number of amides is 1. The number of fused-ring (bicyclic) bond motifs is 5. The maximum Gasteiger partial charge on any atom is 0.284 e. The number of morpholine rings is 1. The second-order valence-corrected chi connectivity index (χ2v) is 9.67. The molecule has 34 heavy (non-hydrogen) atoms. The molecule has 1 atom stereocenters. The molecule has 3 aliphatic heterocycles. The van der Waals surface area contributed by atoms with E-state index in [1.165, 1.54) is 5.06 Å². The van der Waals surface area contributed by atoms with Gasteiger partial charge in [-0.15, -0.1) is 0 Å². The largest absolute Gasteiger partial charge is 0.379 e. The van der Waals surface area contributed by atoms with Crippen LogP contribution in [0, 0.1) is 13.8 Å². The molecule has 0 N–H and O–H groups in total. The van der Waals surface area contributed by atoms with Crippen LogP contribution in [-0.2, 0) is 20.8 Å². The highest BCUT2D eigenvalue weighted by Gasteiger charge is 2.31. The first kappa shape index (κ1) is 23.3. The SMILES string of the molecule is Cc1cc2cc(C)c1-c1cc(on1)-c1cccc(c1)N(C(=O)C(Cl)Cl)OC(N1CCOCC1)C2. The van der Waals surface area contributed by atoms with Crippen molar-refractivity contribution in [3.05, 3.63) is 59.2 Å². The summed E-state index contributed by atoms with van der Waals surface area (Å²) in [7, 11) is 0. The van der Waals surface area contributed by atoms with Crippen LogP contribution >= 0.6 is 23.2 Å². The Morgan fingerprint density at radius 3 is 2.53 bits per heavy atom. The topological polar surface area (TPSA) is 68.0 Å². The molecule has 1 unspecified atom stereocenters. The summed E-state index contributed by atoms with van der Waals surface area (Å²) in [4.78, 5) is 20.4. The first-order chi connectivity index (χ1) is 16.4. The summed E-state index contributed by atoms with van der Waals surface area (Å²) in [6.45, 7) is 6.70. The Labute approximate surface area is 208 Å². The fraction of sp³-hybridized carbons (Fsp3) is 0.360. The third-order valence-corrected chi connectivity index (χ3v) is 6.57. The van der Waals surface area contributed by atoms with Crippen molar-refractivity contribution >= 4 is 34.8 Å². The van der Waals surface area contributed by atoms with Crippen LogP contribution in [0.2, 0.25) is 0 Å². The highest BCUT2D eigenvalue weighted by atomic mass is 35.5. The van der Waals surface area contributed by atoms with Crippen molar-refractivity contribution in [2.45, 2.75) is 31.3 Å². The van der Waals surface area contributed by atoms with Crippen LogP contribution in [0.15, 0.2) is 47.0 Å². The molecule has 9 heteroatoms. The first-order valence-electron chi connectivity index (χ1n) is 11.2. The van der Waals surface area contributed by atoms with Crippen LogP contribution < -0.4 is 5.06 Å². The number of aromatic nitrogens is 1. The molecule has 4 heterocycles. The summed E-state index contributed by atoms with van der Waals surface area (Å²) in [5.74, 6) is 0.0222. The summed E-state index contributed by atoms with van der Waals surface area (Å²) in [5, 5.41) is 5.53. The van der Waals surface area contributed by atoms with Crippen molar-refractivity contribution in [3.63, 3.8) is 0 Å². The Morgan fingerprint density at radius 2 is 1.82 bits per heavy atom. The lowest BCUT2D eigenvalue weighted by Crippen LogP contribution is -2.50. The molecule has 178 valence electrons. The normalized spacial score (nSPS) is 18.9. The van der Waals surface area contributed by atoms with Crippen LogP contribution in [0.4, 0.5) is 5.69 Å². The molecule has 0 spiro atoms. The number of hydrogen-bond donors (Lipinski definition) is 0. The van der Waals surface area contributed by atoms with Gasteiger partial charge in [0.25, 0.3) is 5.91 Å². The lowest BCUT2D eigenvalue weighted by Gasteiger charge is -2.37. The van der Waals surface area contributed by atoms with Crippen LogP contribution in [0.1, 0.15) is 16.7 Å². The van der Waals surface area contributed by atoms with Crippen molar-refractivity contribution in [3.8, 4) is 22.6 Å². The van der Waals surface area contributed by atoms with Gasteiger partial charge in [0.15, 0.2) is 10.6 Å². The van der Waals surface area contributed by atoms with Crippen LogP contribution in [0.3, 0.4) is 0 Å². The lowest BCUT2D eigenvalue weighted by atomic mass is 9.95. The van der Waals surface area contributed by atoms with Crippen LogP contribution in [0.5, 0.6) is 0 Å². The van der Waals surface area contributed by atoms with Crippen molar-refractivity contribution in [1.82, 2.24) is 10.1 Å². The number of hydroxylamine groups is 1. The molecule has 7 nitrogen and oxygen atoms in total. The number of carbonyl (C=O) groups is 1. The molecule has 3 aliphatic rings. The van der Waals surface area contributed by atoms with E-state index in [0.717, 1.165) is 33.5 Å². The summed E-state index contributed by atoms with van der Waals surface area (Å²) >= 11 is 12.0. The average molecular weight is 502 g/mol. The number of benzene rings is 2. The van der Waals surface area contributed by atoms with Gasteiger partial charge in [-0.05, 0) is 42.7 Å². The molecule has 1 aromatic heterocycles. The zero-order valence-corrected chi connectivity index (χ0v) is 20.5. The highest BCUT2D eigenvalue weighted by Crippen LogP contribution is 2.34. The Bertz CT molecular complexity index is 1180. The van der Waals surface area contributed by atoms with Gasteiger partial charge < -0.3 is 9.26 Å². The number of alkyl halides is 2. The van der Waals surface area contributed by atoms with Crippen molar-refractivity contribution in [2.24, 2.45) is 0 Å². The molecule has 1 amide bonds. The van der Waals surface area contributed by atoms with E-state index in [4.69, 9.17) is 37.3 Å². The molecule has 0 aliphatic carbocycles. The van der Waals surface area contributed by atoms with Gasteiger partial charge in [-0.25, -0.2) is 4.84 Å². The zero-order valence-electron chi connectivity index (χ0n) is 19.0. The fourth-order valence-electron chi connectivity index (χ4n) is 4.64. The van der Waals surface area contributed by atoms with Gasteiger partial charge in [0.1, 0.15) is 11.9 Å². The van der Waals surface area contributed by atoms with E-state index in [2.05, 4.69) is 36.0 Å². The number of carbonyl (C=O) groups excluding carboxylic acids is 1. The zero-order chi connectivity index (χ0) is 23.8. The highest BCUT2D eigenvalue weighted by molar-refractivity contribution is 6.54. The quantitative estimate of drug-likeness (QED) is 0.464. The Morgan fingerprint density at radius 1 is 1.09 bits per heavy atom. The van der Waals surface area contributed by atoms with Gasteiger partial charge >= 0.3 is 0 Å². The van der Waals surface area contributed by atoms with Crippen molar-refractivity contribution < 1.29 is 18.9 Å². The predicted molar refractivity (Wildman–Crippen MR) is 131 cm³/mol. The van der Waals surface area contributed by atoms with Crippen molar-refractivity contribution in [2.75, 3.05) is 31.4 Å². The molecule has 6 rings (SSSR count). The molecule has 1 fully saturated rings.